The summed E-state index contributed by atoms with van der Waals surface area (Å²) < 4.78 is 10.9. The largest absolute Gasteiger partial charge is 0.496 e. The van der Waals surface area contributed by atoms with E-state index in [0.717, 1.165) is 23.5 Å². The maximum Gasteiger partial charge on any atom is 0.126 e. The SMILES string of the molecule is COc1cc(OC)c(C(C)C)cc1CC(C)(C)N. The molecular formula is C15H25NO2. The lowest BCUT2D eigenvalue weighted by Gasteiger charge is -2.22. The molecule has 1 aromatic carbocycles. The molecule has 0 aliphatic rings. The molecular weight excluding hydrogens is 226 g/mol. The molecule has 3 heteroatoms. The summed E-state index contributed by atoms with van der Waals surface area (Å²) >= 11 is 0. The molecule has 18 heavy (non-hydrogen) atoms. The van der Waals surface area contributed by atoms with Gasteiger partial charge in [0.15, 0.2) is 0 Å². The van der Waals surface area contributed by atoms with Crippen molar-refractivity contribution in [2.24, 2.45) is 5.73 Å². The number of hydrogen-bond donors (Lipinski definition) is 1. The summed E-state index contributed by atoms with van der Waals surface area (Å²) in [7, 11) is 3.37. The Kier molecular flexibility index (Phi) is 4.63. The summed E-state index contributed by atoms with van der Waals surface area (Å²) in [6, 6.07) is 4.10. The van der Waals surface area contributed by atoms with E-state index in [1.165, 1.54) is 5.56 Å². The van der Waals surface area contributed by atoms with Crippen LogP contribution >= 0.6 is 0 Å². The summed E-state index contributed by atoms with van der Waals surface area (Å²) in [6.45, 7) is 8.35. The molecule has 0 atom stereocenters. The average Bonchev–Trinajstić information content (AvgIpc) is 2.26. The second-order valence-electron chi connectivity index (χ2n) is 5.73. The summed E-state index contributed by atoms with van der Waals surface area (Å²) in [5.41, 5.74) is 8.17. The number of ether oxygens (including phenoxy) is 2. The van der Waals surface area contributed by atoms with Gasteiger partial charge in [0.25, 0.3) is 0 Å². The number of nitrogens with two attached hydrogens (primary N) is 1. The van der Waals surface area contributed by atoms with Crippen LogP contribution in [-0.4, -0.2) is 19.8 Å². The zero-order chi connectivity index (χ0) is 13.9. The van der Waals surface area contributed by atoms with E-state index < -0.39 is 0 Å². The minimum absolute atomic E-state index is 0.254. The number of hydrogen-bond acceptors (Lipinski definition) is 3. The highest BCUT2D eigenvalue weighted by Crippen LogP contribution is 2.34. The van der Waals surface area contributed by atoms with Crippen LogP contribution in [0, 0.1) is 0 Å². The van der Waals surface area contributed by atoms with E-state index in [4.69, 9.17) is 15.2 Å². The van der Waals surface area contributed by atoms with Gasteiger partial charge in [0.05, 0.1) is 14.2 Å². The molecule has 0 aliphatic heterocycles. The lowest BCUT2D eigenvalue weighted by molar-refractivity contribution is 0.382. The Bertz CT molecular complexity index is 406. The van der Waals surface area contributed by atoms with Gasteiger partial charge in [0.1, 0.15) is 11.5 Å². The fourth-order valence-electron chi connectivity index (χ4n) is 2.07. The molecule has 0 saturated heterocycles. The molecule has 0 amide bonds. The van der Waals surface area contributed by atoms with Crippen LogP contribution in [0.1, 0.15) is 44.7 Å². The molecule has 0 aromatic heterocycles. The predicted octanol–water partition coefficient (Wildman–Crippen LogP) is 3.11. The molecule has 0 spiro atoms. The van der Waals surface area contributed by atoms with Crippen molar-refractivity contribution in [2.75, 3.05) is 14.2 Å². The standard InChI is InChI=1S/C15H25NO2/c1-10(2)12-7-11(9-15(3,4)16)13(17-5)8-14(12)18-6/h7-8,10H,9,16H2,1-6H3. The van der Waals surface area contributed by atoms with Crippen LogP contribution < -0.4 is 15.2 Å². The van der Waals surface area contributed by atoms with Gasteiger partial charge in [-0.3, -0.25) is 0 Å². The van der Waals surface area contributed by atoms with Gasteiger partial charge in [-0.2, -0.15) is 0 Å². The Morgan fingerprint density at radius 1 is 1.11 bits per heavy atom. The Labute approximate surface area is 110 Å². The van der Waals surface area contributed by atoms with Crippen LogP contribution in [0.4, 0.5) is 0 Å². The molecule has 0 saturated carbocycles. The monoisotopic (exact) mass is 251 g/mol. The fourth-order valence-corrected chi connectivity index (χ4v) is 2.07. The van der Waals surface area contributed by atoms with Crippen molar-refractivity contribution in [2.45, 2.75) is 45.6 Å². The van der Waals surface area contributed by atoms with Crippen LogP contribution in [-0.2, 0) is 6.42 Å². The molecule has 2 N–H and O–H groups in total. The molecule has 0 heterocycles. The van der Waals surface area contributed by atoms with Gasteiger partial charge in [0, 0.05) is 11.6 Å². The van der Waals surface area contributed by atoms with Gasteiger partial charge < -0.3 is 15.2 Å². The van der Waals surface area contributed by atoms with E-state index in [1.807, 2.05) is 19.9 Å². The molecule has 1 aromatic rings. The molecule has 0 fully saturated rings. The van der Waals surface area contributed by atoms with Crippen molar-refractivity contribution in [3.05, 3.63) is 23.3 Å². The van der Waals surface area contributed by atoms with Crippen LogP contribution in [0.25, 0.3) is 0 Å². The highest BCUT2D eigenvalue weighted by atomic mass is 16.5. The van der Waals surface area contributed by atoms with Gasteiger partial charge in [-0.05, 0) is 43.4 Å². The van der Waals surface area contributed by atoms with Crippen LogP contribution in [0.2, 0.25) is 0 Å². The first kappa shape index (κ1) is 14.8. The number of methoxy groups -OCH3 is 2. The Balaban J connectivity index is 3.27. The number of benzene rings is 1. The van der Waals surface area contributed by atoms with Crippen molar-refractivity contribution in [1.82, 2.24) is 0 Å². The average molecular weight is 251 g/mol. The van der Waals surface area contributed by atoms with E-state index in [2.05, 4.69) is 19.9 Å². The molecule has 102 valence electrons. The Morgan fingerprint density at radius 3 is 2.06 bits per heavy atom. The molecule has 0 bridgehead atoms. The third-order valence-corrected chi connectivity index (χ3v) is 2.90. The van der Waals surface area contributed by atoms with Gasteiger partial charge in [-0.25, -0.2) is 0 Å². The molecule has 1 rings (SSSR count). The summed E-state index contributed by atoms with van der Waals surface area (Å²) in [5.74, 6) is 2.13. The maximum atomic E-state index is 6.10. The Morgan fingerprint density at radius 2 is 1.67 bits per heavy atom. The Hall–Kier alpha value is -1.22. The van der Waals surface area contributed by atoms with Crippen molar-refractivity contribution in [3.8, 4) is 11.5 Å². The second kappa shape index (κ2) is 5.61. The first-order valence-corrected chi connectivity index (χ1v) is 6.32. The lowest BCUT2D eigenvalue weighted by atomic mass is 9.91. The van der Waals surface area contributed by atoms with Crippen molar-refractivity contribution in [1.29, 1.82) is 0 Å². The molecule has 0 unspecified atom stereocenters. The first-order chi connectivity index (χ1) is 8.28. The fraction of sp³-hybridized carbons (Fsp3) is 0.600. The number of rotatable bonds is 5. The minimum atomic E-state index is -0.254. The van der Waals surface area contributed by atoms with Crippen molar-refractivity contribution < 1.29 is 9.47 Å². The molecule has 3 nitrogen and oxygen atoms in total. The lowest BCUT2D eigenvalue weighted by Crippen LogP contribution is -2.34. The predicted molar refractivity (Wildman–Crippen MR) is 75.6 cm³/mol. The van der Waals surface area contributed by atoms with E-state index in [-0.39, 0.29) is 5.54 Å². The smallest absolute Gasteiger partial charge is 0.126 e. The van der Waals surface area contributed by atoms with Gasteiger partial charge in [-0.1, -0.05) is 13.8 Å². The van der Waals surface area contributed by atoms with E-state index in [1.54, 1.807) is 14.2 Å². The minimum Gasteiger partial charge on any atom is -0.496 e. The van der Waals surface area contributed by atoms with Gasteiger partial charge in [-0.15, -0.1) is 0 Å². The van der Waals surface area contributed by atoms with E-state index >= 15 is 0 Å². The first-order valence-electron chi connectivity index (χ1n) is 6.32. The highest BCUT2D eigenvalue weighted by Gasteiger charge is 2.18. The second-order valence-corrected chi connectivity index (χ2v) is 5.73. The van der Waals surface area contributed by atoms with Crippen LogP contribution in [0.5, 0.6) is 11.5 Å². The maximum absolute atomic E-state index is 6.10. The summed E-state index contributed by atoms with van der Waals surface area (Å²) in [4.78, 5) is 0. The van der Waals surface area contributed by atoms with Gasteiger partial charge >= 0.3 is 0 Å². The van der Waals surface area contributed by atoms with Gasteiger partial charge in [0.2, 0.25) is 0 Å². The van der Waals surface area contributed by atoms with Crippen LogP contribution in [0.3, 0.4) is 0 Å². The summed E-state index contributed by atoms with van der Waals surface area (Å²) in [5, 5.41) is 0. The zero-order valence-corrected chi connectivity index (χ0v) is 12.3. The third kappa shape index (κ3) is 3.64. The third-order valence-electron chi connectivity index (χ3n) is 2.90. The van der Waals surface area contributed by atoms with E-state index in [0.29, 0.717) is 5.92 Å². The van der Waals surface area contributed by atoms with Crippen molar-refractivity contribution >= 4 is 0 Å². The quantitative estimate of drug-likeness (QED) is 0.874. The molecule has 0 aliphatic carbocycles. The summed E-state index contributed by atoms with van der Waals surface area (Å²) in [6.07, 6.45) is 0.778. The van der Waals surface area contributed by atoms with Crippen LogP contribution in [0.15, 0.2) is 12.1 Å². The molecule has 0 radical (unpaired) electrons. The highest BCUT2D eigenvalue weighted by molar-refractivity contribution is 5.48. The normalized spacial score (nSPS) is 11.8. The topological polar surface area (TPSA) is 44.5 Å². The zero-order valence-electron chi connectivity index (χ0n) is 12.3. The van der Waals surface area contributed by atoms with Crippen molar-refractivity contribution in [3.63, 3.8) is 0 Å². The van der Waals surface area contributed by atoms with E-state index in [9.17, 15) is 0 Å².